The Labute approximate surface area is 175 Å². The van der Waals surface area contributed by atoms with E-state index in [1.165, 1.54) is 44.2 Å². The lowest BCUT2D eigenvalue weighted by atomic mass is 9.54. The number of rotatable bonds is 7. The van der Waals surface area contributed by atoms with Crippen molar-refractivity contribution in [1.82, 2.24) is 10.7 Å². The van der Waals surface area contributed by atoms with Gasteiger partial charge in [0.2, 0.25) is 11.8 Å². The van der Waals surface area contributed by atoms with Gasteiger partial charge in [-0.25, -0.2) is 5.43 Å². The summed E-state index contributed by atoms with van der Waals surface area (Å²) in [6.07, 6.45) is 6.63. The smallest absolute Gasteiger partial charge is 0.269 e. The van der Waals surface area contributed by atoms with Gasteiger partial charge >= 0.3 is 0 Å². The zero-order chi connectivity index (χ0) is 21.3. The molecule has 4 bridgehead atoms. The lowest BCUT2D eigenvalue weighted by Gasteiger charge is -2.54. The summed E-state index contributed by atoms with van der Waals surface area (Å²) >= 11 is 0. The Kier molecular flexibility index (Phi) is 5.83. The average Bonchev–Trinajstić information content (AvgIpc) is 2.69. The zero-order valence-electron chi connectivity index (χ0n) is 17.2. The quantitative estimate of drug-likeness (QED) is 0.407. The van der Waals surface area contributed by atoms with E-state index < -0.39 is 4.92 Å². The first-order valence-electron chi connectivity index (χ1n) is 10.7. The lowest BCUT2D eigenvalue weighted by Crippen LogP contribution is -2.56. The summed E-state index contributed by atoms with van der Waals surface area (Å²) in [6, 6.07) is 6.13. The van der Waals surface area contributed by atoms with Gasteiger partial charge in [-0.05, 0) is 68.3 Å². The fraction of sp³-hybridized carbons (Fsp3) is 0.591. The van der Waals surface area contributed by atoms with Crippen LogP contribution in [0.5, 0.6) is 0 Å². The number of nitro benzene ring substituents is 1. The fourth-order valence-corrected chi connectivity index (χ4v) is 5.79. The standard InChI is InChI=1S/C22H28N4O4/c1-13(24-25-21(28)12-14-2-4-19(5-3-14)26(29)30)6-20(27)23-22-17-8-15-7-16(10-17)11-18(22)9-15/h2-5,15-18,22H,6-12H2,1H3,(H,23,27)(H,25,28)/b24-13-. The van der Waals surface area contributed by atoms with Gasteiger partial charge in [0.05, 0.1) is 17.8 Å². The molecule has 4 aliphatic carbocycles. The number of carbonyl (C=O) groups is 2. The third kappa shape index (κ3) is 4.68. The molecule has 0 unspecified atom stereocenters. The summed E-state index contributed by atoms with van der Waals surface area (Å²) in [5.74, 6) is 2.64. The molecule has 2 amide bonds. The van der Waals surface area contributed by atoms with Gasteiger partial charge in [-0.3, -0.25) is 19.7 Å². The molecule has 160 valence electrons. The molecule has 4 saturated carbocycles. The van der Waals surface area contributed by atoms with E-state index in [4.69, 9.17) is 0 Å². The van der Waals surface area contributed by atoms with Crippen LogP contribution in [0.15, 0.2) is 29.4 Å². The van der Waals surface area contributed by atoms with E-state index >= 15 is 0 Å². The van der Waals surface area contributed by atoms with Gasteiger partial charge in [0.15, 0.2) is 0 Å². The summed E-state index contributed by atoms with van der Waals surface area (Å²) < 4.78 is 0. The van der Waals surface area contributed by atoms with Crippen molar-refractivity contribution >= 4 is 23.2 Å². The van der Waals surface area contributed by atoms with Crippen LogP contribution in [0.3, 0.4) is 0 Å². The first-order chi connectivity index (χ1) is 14.4. The maximum Gasteiger partial charge on any atom is 0.269 e. The van der Waals surface area contributed by atoms with Gasteiger partial charge in [0.1, 0.15) is 0 Å². The highest BCUT2D eigenvalue weighted by atomic mass is 16.6. The number of non-ortho nitro benzene ring substituents is 1. The molecule has 5 rings (SSSR count). The highest BCUT2D eigenvalue weighted by Crippen LogP contribution is 2.53. The predicted octanol–water partition coefficient (Wildman–Crippen LogP) is 2.96. The monoisotopic (exact) mass is 412 g/mol. The Morgan fingerprint density at radius 1 is 1.03 bits per heavy atom. The van der Waals surface area contributed by atoms with E-state index in [-0.39, 0.29) is 30.3 Å². The van der Waals surface area contributed by atoms with Crippen LogP contribution >= 0.6 is 0 Å². The molecular weight excluding hydrogens is 384 g/mol. The van der Waals surface area contributed by atoms with Gasteiger partial charge < -0.3 is 5.32 Å². The highest BCUT2D eigenvalue weighted by Gasteiger charge is 2.48. The number of amides is 2. The zero-order valence-corrected chi connectivity index (χ0v) is 17.2. The van der Waals surface area contributed by atoms with E-state index in [0.29, 0.717) is 29.2 Å². The highest BCUT2D eigenvalue weighted by molar-refractivity contribution is 6.00. The maximum atomic E-state index is 12.5. The van der Waals surface area contributed by atoms with Crippen molar-refractivity contribution in [3.05, 3.63) is 39.9 Å². The molecule has 8 nitrogen and oxygen atoms in total. The topological polar surface area (TPSA) is 114 Å². The minimum atomic E-state index is -0.480. The van der Waals surface area contributed by atoms with Gasteiger partial charge in [-0.2, -0.15) is 5.10 Å². The second-order valence-electron chi connectivity index (χ2n) is 9.18. The second-order valence-corrected chi connectivity index (χ2v) is 9.18. The number of nitrogens with zero attached hydrogens (tertiary/aromatic N) is 2. The lowest BCUT2D eigenvalue weighted by molar-refractivity contribution is -0.384. The molecule has 0 spiro atoms. The molecule has 4 aliphatic rings. The molecule has 0 aliphatic heterocycles. The van der Waals surface area contributed by atoms with Crippen LogP contribution in [-0.4, -0.2) is 28.5 Å². The van der Waals surface area contributed by atoms with Crippen molar-refractivity contribution < 1.29 is 14.5 Å². The number of carbonyl (C=O) groups excluding carboxylic acids is 2. The Bertz CT molecular complexity index is 836. The van der Waals surface area contributed by atoms with Crippen LogP contribution in [0.25, 0.3) is 0 Å². The molecule has 0 heterocycles. The molecule has 1 aromatic rings. The van der Waals surface area contributed by atoms with Crippen molar-refractivity contribution in [2.45, 2.75) is 57.9 Å². The van der Waals surface area contributed by atoms with Crippen molar-refractivity contribution in [1.29, 1.82) is 0 Å². The van der Waals surface area contributed by atoms with Crippen LogP contribution in [0.2, 0.25) is 0 Å². The average molecular weight is 412 g/mol. The van der Waals surface area contributed by atoms with Gasteiger partial charge in [0, 0.05) is 23.9 Å². The van der Waals surface area contributed by atoms with Crippen LogP contribution in [0.1, 0.15) is 51.0 Å². The Morgan fingerprint density at radius 3 is 2.20 bits per heavy atom. The molecule has 30 heavy (non-hydrogen) atoms. The Hall–Kier alpha value is -2.77. The van der Waals surface area contributed by atoms with Crippen LogP contribution < -0.4 is 10.7 Å². The van der Waals surface area contributed by atoms with Crippen molar-refractivity contribution in [2.75, 3.05) is 0 Å². The third-order valence-corrected chi connectivity index (χ3v) is 6.85. The van der Waals surface area contributed by atoms with Crippen molar-refractivity contribution in [3.8, 4) is 0 Å². The molecule has 0 atom stereocenters. The predicted molar refractivity (Wildman–Crippen MR) is 112 cm³/mol. The minimum absolute atomic E-state index is 0.0156. The minimum Gasteiger partial charge on any atom is -0.352 e. The second kappa shape index (κ2) is 8.53. The first-order valence-corrected chi connectivity index (χ1v) is 10.7. The largest absolute Gasteiger partial charge is 0.352 e. The molecule has 0 saturated heterocycles. The normalized spacial score (nSPS) is 29.5. The third-order valence-electron chi connectivity index (χ3n) is 6.85. The summed E-state index contributed by atoms with van der Waals surface area (Å²) in [4.78, 5) is 34.8. The number of nitro groups is 1. The van der Waals surface area contributed by atoms with Crippen molar-refractivity contribution in [2.24, 2.45) is 28.8 Å². The van der Waals surface area contributed by atoms with E-state index in [1.54, 1.807) is 19.1 Å². The van der Waals surface area contributed by atoms with E-state index in [2.05, 4.69) is 15.8 Å². The molecule has 0 aromatic heterocycles. The van der Waals surface area contributed by atoms with E-state index in [0.717, 1.165) is 11.8 Å². The van der Waals surface area contributed by atoms with E-state index in [1.807, 2.05) is 0 Å². The number of benzene rings is 1. The maximum absolute atomic E-state index is 12.5. The van der Waals surface area contributed by atoms with Crippen LogP contribution in [0.4, 0.5) is 5.69 Å². The molecular formula is C22H28N4O4. The number of hydrogen-bond acceptors (Lipinski definition) is 5. The van der Waals surface area contributed by atoms with Crippen LogP contribution in [-0.2, 0) is 16.0 Å². The fourth-order valence-electron chi connectivity index (χ4n) is 5.79. The molecule has 8 heteroatoms. The van der Waals surface area contributed by atoms with Gasteiger partial charge in [0.25, 0.3) is 5.69 Å². The SMILES string of the molecule is C/C(CC(=O)NC1C2CC3CC(C2)CC1C3)=N/NC(=O)Cc1ccc([N+](=O)[O-])cc1. The molecule has 0 radical (unpaired) electrons. The first kappa shape index (κ1) is 20.5. The molecule has 2 N–H and O–H groups in total. The van der Waals surface area contributed by atoms with E-state index in [9.17, 15) is 19.7 Å². The Balaban J connectivity index is 1.23. The number of hydrogen-bond donors (Lipinski definition) is 2. The summed E-state index contributed by atoms with van der Waals surface area (Å²) in [5, 5.41) is 18.0. The van der Waals surface area contributed by atoms with Crippen molar-refractivity contribution in [3.63, 3.8) is 0 Å². The summed E-state index contributed by atoms with van der Waals surface area (Å²) in [6.45, 7) is 1.72. The molecule has 1 aromatic carbocycles. The number of nitrogens with one attached hydrogen (secondary N) is 2. The summed E-state index contributed by atoms with van der Waals surface area (Å²) in [5.41, 5.74) is 3.66. The van der Waals surface area contributed by atoms with Crippen LogP contribution in [0, 0.1) is 33.8 Å². The Morgan fingerprint density at radius 2 is 1.63 bits per heavy atom. The van der Waals surface area contributed by atoms with Gasteiger partial charge in [-0.1, -0.05) is 12.1 Å². The number of hydrazone groups is 1. The van der Waals surface area contributed by atoms with Gasteiger partial charge in [-0.15, -0.1) is 0 Å². The molecule has 4 fully saturated rings. The summed E-state index contributed by atoms with van der Waals surface area (Å²) in [7, 11) is 0.